The molecule has 1 unspecified atom stereocenters. The summed E-state index contributed by atoms with van der Waals surface area (Å²) < 4.78 is 1.91. The summed E-state index contributed by atoms with van der Waals surface area (Å²) in [4.78, 5) is 27.5. The van der Waals surface area contributed by atoms with Gasteiger partial charge in [0.1, 0.15) is 0 Å². The molecule has 0 spiro atoms. The number of nitrogens with one attached hydrogen (secondary N) is 1. The molecule has 1 atom stereocenters. The van der Waals surface area contributed by atoms with Gasteiger partial charge in [-0.15, -0.1) is 0 Å². The van der Waals surface area contributed by atoms with E-state index in [1.807, 2.05) is 29.9 Å². The highest BCUT2D eigenvalue weighted by molar-refractivity contribution is 5.97. The Morgan fingerprint density at radius 1 is 1.35 bits per heavy atom. The highest BCUT2D eigenvalue weighted by atomic mass is 16.2. The molecule has 0 aliphatic heterocycles. The molecular weight excluding hydrogens is 326 g/mol. The second kappa shape index (κ2) is 10.1. The zero-order valence-corrected chi connectivity index (χ0v) is 16.3. The van der Waals surface area contributed by atoms with Crippen LogP contribution in [0.25, 0.3) is 0 Å². The van der Waals surface area contributed by atoms with Crippen molar-refractivity contribution in [2.24, 2.45) is 7.05 Å². The number of aryl methyl sites for hydroxylation is 1. The van der Waals surface area contributed by atoms with Crippen LogP contribution < -0.4 is 5.32 Å². The van der Waals surface area contributed by atoms with Gasteiger partial charge in [-0.2, -0.15) is 0 Å². The van der Waals surface area contributed by atoms with Gasteiger partial charge in [-0.05, 0) is 44.2 Å². The lowest BCUT2D eigenvalue weighted by molar-refractivity contribution is -0.137. The van der Waals surface area contributed by atoms with E-state index < -0.39 is 6.04 Å². The Morgan fingerprint density at radius 2 is 2.08 bits per heavy atom. The van der Waals surface area contributed by atoms with Gasteiger partial charge in [0, 0.05) is 31.5 Å². The number of hydrogen-bond acceptors (Lipinski definition) is 2. The SMILES string of the molecule is CC#CC(=O)N(CCCC)C(C(=O)NC1CCCCC1)c1cccn1C. The standard InChI is InChI=1S/C21H31N3O2/c1-4-6-16-24(19(25)11-5-2)20(18-14-10-15-23(18)3)21(26)22-17-12-8-7-9-13-17/h10,14-15,17,20H,4,6-9,12-13,16H2,1-3H3,(H,22,26). The third-order valence-corrected chi connectivity index (χ3v) is 5.02. The molecule has 0 aromatic carbocycles. The van der Waals surface area contributed by atoms with E-state index in [9.17, 15) is 9.59 Å². The summed E-state index contributed by atoms with van der Waals surface area (Å²) in [6, 6.07) is 3.39. The predicted octanol–water partition coefficient (Wildman–Crippen LogP) is 3.17. The first-order valence-corrected chi connectivity index (χ1v) is 9.73. The lowest BCUT2D eigenvalue weighted by Gasteiger charge is -2.32. The molecule has 0 radical (unpaired) electrons. The number of unbranched alkanes of at least 4 members (excludes halogenated alkanes) is 1. The summed E-state index contributed by atoms with van der Waals surface area (Å²) in [6.07, 6.45) is 9.28. The number of amides is 2. The van der Waals surface area contributed by atoms with E-state index in [1.165, 1.54) is 6.42 Å². The van der Waals surface area contributed by atoms with Crippen LogP contribution in [0.2, 0.25) is 0 Å². The molecule has 1 heterocycles. The van der Waals surface area contributed by atoms with Gasteiger partial charge in [-0.1, -0.05) is 38.5 Å². The molecule has 2 rings (SSSR count). The molecule has 5 nitrogen and oxygen atoms in total. The van der Waals surface area contributed by atoms with Crippen molar-refractivity contribution in [2.75, 3.05) is 6.54 Å². The molecular formula is C21H31N3O2. The number of rotatable bonds is 7. The van der Waals surface area contributed by atoms with E-state index in [4.69, 9.17) is 0 Å². The molecule has 142 valence electrons. The summed E-state index contributed by atoms with van der Waals surface area (Å²) in [5.41, 5.74) is 0.820. The molecule has 2 amide bonds. The van der Waals surface area contributed by atoms with Crippen molar-refractivity contribution in [1.29, 1.82) is 0 Å². The third-order valence-electron chi connectivity index (χ3n) is 5.02. The van der Waals surface area contributed by atoms with Gasteiger partial charge in [-0.25, -0.2) is 0 Å². The van der Waals surface area contributed by atoms with Gasteiger partial charge in [0.15, 0.2) is 6.04 Å². The predicted molar refractivity (Wildman–Crippen MR) is 103 cm³/mol. The Hall–Kier alpha value is -2.22. The lowest BCUT2D eigenvalue weighted by Crippen LogP contribution is -2.47. The average Bonchev–Trinajstić information content (AvgIpc) is 3.05. The van der Waals surface area contributed by atoms with Gasteiger partial charge in [0.25, 0.3) is 5.91 Å². The average molecular weight is 357 g/mol. The van der Waals surface area contributed by atoms with Crippen LogP contribution in [0.4, 0.5) is 0 Å². The van der Waals surface area contributed by atoms with E-state index in [1.54, 1.807) is 11.8 Å². The van der Waals surface area contributed by atoms with Gasteiger partial charge in [0.2, 0.25) is 5.91 Å². The fourth-order valence-electron chi connectivity index (χ4n) is 3.58. The second-order valence-electron chi connectivity index (χ2n) is 7.02. The first-order chi connectivity index (χ1) is 12.6. The summed E-state index contributed by atoms with van der Waals surface area (Å²) in [5.74, 6) is 4.92. The van der Waals surface area contributed by atoms with Crippen LogP contribution in [0.15, 0.2) is 18.3 Å². The van der Waals surface area contributed by atoms with E-state index in [0.717, 1.165) is 44.2 Å². The maximum absolute atomic E-state index is 13.2. The van der Waals surface area contributed by atoms with Gasteiger partial charge in [0.05, 0.1) is 0 Å². The number of aromatic nitrogens is 1. The summed E-state index contributed by atoms with van der Waals surface area (Å²) >= 11 is 0. The smallest absolute Gasteiger partial charge is 0.299 e. The van der Waals surface area contributed by atoms with E-state index >= 15 is 0 Å². The van der Waals surface area contributed by atoms with E-state index in [-0.39, 0.29) is 17.9 Å². The van der Waals surface area contributed by atoms with E-state index in [0.29, 0.717) is 6.54 Å². The lowest BCUT2D eigenvalue weighted by atomic mass is 9.95. The minimum absolute atomic E-state index is 0.0962. The Balaban J connectivity index is 2.30. The van der Waals surface area contributed by atoms with E-state index in [2.05, 4.69) is 24.1 Å². The summed E-state index contributed by atoms with van der Waals surface area (Å²) in [6.45, 7) is 4.25. The van der Waals surface area contributed by atoms with Crippen molar-refractivity contribution in [3.8, 4) is 11.8 Å². The largest absolute Gasteiger partial charge is 0.352 e. The molecule has 1 aromatic heterocycles. The van der Waals surface area contributed by atoms with Crippen LogP contribution in [0.5, 0.6) is 0 Å². The van der Waals surface area contributed by atoms with Crippen LogP contribution >= 0.6 is 0 Å². The summed E-state index contributed by atoms with van der Waals surface area (Å²) in [5, 5.41) is 3.19. The Kier molecular flexibility index (Phi) is 7.77. The molecule has 26 heavy (non-hydrogen) atoms. The van der Waals surface area contributed by atoms with Gasteiger partial charge < -0.3 is 14.8 Å². The highest BCUT2D eigenvalue weighted by Gasteiger charge is 2.33. The molecule has 1 saturated carbocycles. The monoisotopic (exact) mass is 357 g/mol. The van der Waals surface area contributed by atoms with Crippen LogP contribution in [-0.4, -0.2) is 33.9 Å². The van der Waals surface area contributed by atoms with Gasteiger partial charge >= 0.3 is 0 Å². The molecule has 0 saturated heterocycles. The van der Waals surface area contributed by atoms with Crippen molar-refractivity contribution in [3.05, 3.63) is 24.0 Å². The Bertz CT molecular complexity index is 662. The van der Waals surface area contributed by atoms with Crippen LogP contribution in [-0.2, 0) is 16.6 Å². The molecule has 1 aliphatic rings. The van der Waals surface area contributed by atoms with Crippen LogP contribution in [0.3, 0.4) is 0 Å². The number of carbonyl (C=O) groups excluding carboxylic acids is 2. The molecule has 1 fully saturated rings. The molecule has 0 bridgehead atoms. The second-order valence-corrected chi connectivity index (χ2v) is 7.02. The minimum atomic E-state index is -0.642. The van der Waals surface area contributed by atoms with Crippen molar-refractivity contribution in [1.82, 2.24) is 14.8 Å². The summed E-state index contributed by atoms with van der Waals surface area (Å²) in [7, 11) is 1.91. The maximum Gasteiger partial charge on any atom is 0.299 e. The van der Waals surface area contributed by atoms with Crippen LogP contribution in [0, 0.1) is 11.8 Å². The molecule has 1 N–H and O–H groups in total. The first kappa shape index (κ1) is 20.1. The van der Waals surface area contributed by atoms with Crippen LogP contribution in [0.1, 0.15) is 70.5 Å². The minimum Gasteiger partial charge on any atom is -0.352 e. The molecule has 1 aromatic rings. The topological polar surface area (TPSA) is 54.3 Å². The molecule has 5 heteroatoms. The Morgan fingerprint density at radius 3 is 2.65 bits per heavy atom. The first-order valence-electron chi connectivity index (χ1n) is 9.73. The number of nitrogens with zero attached hydrogens (tertiary/aromatic N) is 2. The normalized spacial score (nSPS) is 15.7. The van der Waals surface area contributed by atoms with Crippen molar-refractivity contribution in [3.63, 3.8) is 0 Å². The third kappa shape index (κ3) is 5.14. The fourth-order valence-corrected chi connectivity index (χ4v) is 3.58. The number of hydrogen-bond donors (Lipinski definition) is 1. The quantitative estimate of drug-likeness (QED) is 0.762. The zero-order chi connectivity index (χ0) is 18.9. The highest BCUT2D eigenvalue weighted by Crippen LogP contribution is 2.24. The van der Waals surface area contributed by atoms with Crippen molar-refractivity contribution < 1.29 is 9.59 Å². The fraction of sp³-hybridized carbons (Fsp3) is 0.619. The van der Waals surface area contributed by atoms with Gasteiger partial charge in [-0.3, -0.25) is 9.59 Å². The maximum atomic E-state index is 13.2. The zero-order valence-electron chi connectivity index (χ0n) is 16.3. The van der Waals surface area contributed by atoms with Crippen molar-refractivity contribution in [2.45, 2.75) is 70.9 Å². The van der Waals surface area contributed by atoms with Crippen molar-refractivity contribution >= 4 is 11.8 Å². The number of carbonyl (C=O) groups is 2. The Labute approximate surface area is 157 Å². The molecule has 1 aliphatic carbocycles.